The molecule has 1 aromatic heterocycles. The quantitative estimate of drug-likeness (QED) is 0.689. The number of aromatic nitrogens is 1. The molecule has 1 aromatic rings. The van der Waals surface area contributed by atoms with Gasteiger partial charge in [-0.3, -0.25) is 4.98 Å². The molecule has 1 heterocycles. The lowest BCUT2D eigenvalue weighted by Crippen LogP contribution is -1.89. The predicted octanol–water partition coefficient (Wildman–Crippen LogP) is 2.70. The molecule has 60 valence electrons. The fraction of sp³-hybridized carbons (Fsp3) is 0.222. The van der Waals surface area contributed by atoms with Crippen molar-refractivity contribution in [2.45, 2.75) is 13.3 Å². The first-order valence-corrected chi connectivity index (χ1v) is 3.36. The van der Waals surface area contributed by atoms with Gasteiger partial charge < -0.3 is 0 Å². The molecule has 0 saturated carbocycles. The third-order valence-corrected chi connectivity index (χ3v) is 1.46. The van der Waals surface area contributed by atoms with Gasteiger partial charge >= 0.3 is 0 Å². The van der Waals surface area contributed by atoms with Crippen LogP contribution in [0.25, 0.3) is 0 Å². The number of halogens is 1. The van der Waals surface area contributed by atoms with E-state index in [1.54, 1.807) is 0 Å². The highest BCUT2D eigenvalue weighted by Gasteiger charge is 1.92. The van der Waals surface area contributed by atoms with Crippen LogP contribution in [-0.4, -0.2) is 4.98 Å². The van der Waals surface area contributed by atoms with Crippen molar-refractivity contribution in [3.05, 3.63) is 42.2 Å². The van der Waals surface area contributed by atoms with Crippen molar-refractivity contribution in [1.82, 2.24) is 4.98 Å². The van der Waals surface area contributed by atoms with Gasteiger partial charge in [-0.2, -0.15) is 0 Å². The molecule has 0 unspecified atom stereocenters. The van der Waals surface area contributed by atoms with Gasteiger partial charge in [-0.15, -0.1) is 23.6 Å². The molecule has 0 bridgehead atoms. The molecule has 0 atom stereocenters. The third-order valence-electron chi connectivity index (χ3n) is 1.46. The summed E-state index contributed by atoms with van der Waals surface area (Å²) < 4.78 is 0. The maximum atomic E-state index is 4.20. The lowest BCUT2D eigenvalue weighted by molar-refractivity contribution is 1.07. The van der Waals surface area contributed by atoms with Crippen LogP contribution < -0.4 is 0 Å². The van der Waals surface area contributed by atoms with E-state index in [0.29, 0.717) is 0 Å². The highest BCUT2D eigenvalue weighted by atomic mass is 79.9. The van der Waals surface area contributed by atoms with Crippen molar-refractivity contribution in [2.24, 2.45) is 0 Å². The van der Waals surface area contributed by atoms with Gasteiger partial charge in [0.1, 0.15) is 0 Å². The smallest absolute Gasteiger partial charge is 0.0470 e. The summed E-state index contributed by atoms with van der Waals surface area (Å²) in [5.41, 5.74) is 2.36. The molecular weight excluding hydrogens is 202 g/mol. The molecule has 0 aromatic carbocycles. The van der Waals surface area contributed by atoms with Crippen LogP contribution in [0.5, 0.6) is 0 Å². The average molecular weight is 214 g/mol. The number of allylic oxidation sites excluding steroid dienone is 1. The van der Waals surface area contributed by atoms with Gasteiger partial charge in [-0.25, -0.2) is 0 Å². The zero-order valence-electron chi connectivity index (χ0n) is 6.58. The molecule has 0 fully saturated rings. The van der Waals surface area contributed by atoms with Crippen molar-refractivity contribution in [1.29, 1.82) is 0 Å². The van der Waals surface area contributed by atoms with Gasteiger partial charge in [-0.1, -0.05) is 12.1 Å². The lowest BCUT2D eigenvalue weighted by atomic mass is 10.2. The molecule has 1 rings (SSSR count). The molecule has 0 aliphatic heterocycles. The molecule has 0 spiro atoms. The summed E-state index contributed by atoms with van der Waals surface area (Å²) in [7, 11) is 0. The number of hydrogen-bond donors (Lipinski definition) is 0. The molecule has 1 nitrogen and oxygen atoms in total. The van der Waals surface area contributed by atoms with Crippen LogP contribution in [-0.2, 0) is 6.42 Å². The second-order valence-corrected chi connectivity index (χ2v) is 2.26. The Morgan fingerprint density at radius 1 is 1.64 bits per heavy atom. The van der Waals surface area contributed by atoms with Crippen molar-refractivity contribution in [3.8, 4) is 0 Å². The largest absolute Gasteiger partial charge is 0.261 e. The van der Waals surface area contributed by atoms with Crippen LogP contribution in [0.4, 0.5) is 0 Å². The lowest BCUT2D eigenvalue weighted by Gasteiger charge is -1.98. The number of pyridine rings is 1. The Bertz CT molecular complexity index is 233. The Hall–Kier alpha value is -0.630. The first-order chi connectivity index (χ1) is 4.84. The standard InChI is InChI=1S/C9H11N.BrH/c1-3-5-9-8(2)6-4-7-10-9;/h3-4,6-7H,1,5H2,2H3;1H. The van der Waals surface area contributed by atoms with Crippen molar-refractivity contribution < 1.29 is 0 Å². The number of aryl methyl sites for hydroxylation is 1. The topological polar surface area (TPSA) is 12.9 Å². The zero-order chi connectivity index (χ0) is 7.40. The molecule has 0 aliphatic rings. The Morgan fingerprint density at radius 3 is 2.91 bits per heavy atom. The van der Waals surface area contributed by atoms with Crippen LogP contribution in [0.15, 0.2) is 31.0 Å². The minimum Gasteiger partial charge on any atom is -0.261 e. The van der Waals surface area contributed by atoms with Crippen molar-refractivity contribution >= 4 is 17.0 Å². The van der Waals surface area contributed by atoms with E-state index in [9.17, 15) is 0 Å². The molecule has 0 amide bonds. The zero-order valence-corrected chi connectivity index (χ0v) is 8.29. The highest BCUT2D eigenvalue weighted by Crippen LogP contribution is 2.03. The SMILES string of the molecule is Br.C=CCc1ncccc1C. The van der Waals surface area contributed by atoms with E-state index in [4.69, 9.17) is 0 Å². The van der Waals surface area contributed by atoms with E-state index in [1.807, 2.05) is 18.3 Å². The summed E-state index contributed by atoms with van der Waals surface area (Å²) in [6.07, 6.45) is 4.55. The Morgan fingerprint density at radius 2 is 2.36 bits per heavy atom. The molecule has 2 heteroatoms. The summed E-state index contributed by atoms with van der Waals surface area (Å²) >= 11 is 0. The average Bonchev–Trinajstić information content (AvgIpc) is 1.94. The van der Waals surface area contributed by atoms with E-state index >= 15 is 0 Å². The van der Waals surface area contributed by atoms with Crippen LogP contribution in [0.3, 0.4) is 0 Å². The summed E-state index contributed by atoms with van der Waals surface area (Å²) in [5.74, 6) is 0. The Kier molecular flexibility index (Phi) is 4.79. The molecule has 0 saturated heterocycles. The Labute approximate surface area is 77.9 Å². The van der Waals surface area contributed by atoms with Gasteiger partial charge in [0.25, 0.3) is 0 Å². The summed E-state index contributed by atoms with van der Waals surface area (Å²) in [5, 5.41) is 0. The fourth-order valence-corrected chi connectivity index (χ4v) is 0.869. The van der Waals surface area contributed by atoms with Crippen molar-refractivity contribution in [3.63, 3.8) is 0 Å². The number of rotatable bonds is 2. The molecule has 11 heavy (non-hydrogen) atoms. The monoisotopic (exact) mass is 213 g/mol. The molecule has 0 aliphatic carbocycles. The first-order valence-electron chi connectivity index (χ1n) is 3.36. The van der Waals surface area contributed by atoms with Crippen LogP contribution >= 0.6 is 17.0 Å². The normalized spacial score (nSPS) is 8.45. The third kappa shape index (κ3) is 2.85. The minimum absolute atomic E-state index is 0. The van der Waals surface area contributed by atoms with E-state index in [0.717, 1.165) is 12.1 Å². The van der Waals surface area contributed by atoms with E-state index in [1.165, 1.54) is 5.56 Å². The van der Waals surface area contributed by atoms with E-state index in [2.05, 4.69) is 24.6 Å². The van der Waals surface area contributed by atoms with Gasteiger partial charge in [0.05, 0.1) is 0 Å². The maximum absolute atomic E-state index is 4.20. The summed E-state index contributed by atoms with van der Waals surface area (Å²) in [6.45, 7) is 5.72. The van der Waals surface area contributed by atoms with Crippen LogP contribution in [0, 0.1) is 6.92 Å². The maximum Gasteiger partial charge on any atom is 0.0470 e. The van der Waals surface area contributed by atoms with E-state index < -0.39 is 0 Å². The van der Waals surface area contributed by atoms with Crippen LogP contribution in [0.1, 0.15) is 11.3 Å². The van der Waals surface area contributed by atoms with Crippen molar-refractivity contribution in [2.75, 3.05) is 0 Å². The van der Waals surface area contributed by atoms with Crippen LogP contribution in [0.2, 0.25) is 0 Å². The molecule has 0 N–H and O–H groups in total. The highest BCUT2D eigenvalue weighted by molar-refractivity contribution is 8.93. The fourth-order valence-electron chi connectivity index (χ4n) is 0.869. The minimum atomic E-state index is 0. The molecule has 0 radical (unpaired) electrons. The summed E-state index contributed by atoms with van der Waals surface area (Å²) in [6, 6.07) is 4.01. The van der Waals surface area contributed by atoms with Gasteiger partial charge in [0.15, 0.2) is 0 Å². The predicted molar refractivity (Wildman–Crippen MR) is 53.2 cm³/mol. The number of hydrogen-bond acceptors (Lipinski definition) is 1. The number of nitrogens with zero attached hydrogens (tertiary/aromatic N) is 1. The Balaban J connectivity index is 0.000001000. The first kappa shape index (κ1) is 10.4. The van der Waals surface area contributed by atoms with Gasteiger partial charge in [0, 0.05) is 18.3 Å². The molecular formula is C9H12BrN. The van der Waals surface area contributed by atoms with Gasteiger partial charge in [-0.05, 0) is 18.6 Å². The second kappa shape index (κ2) is 5.08. The second-order valence-electron chi connectivity index (χ2n) is 2.26. The summed E-state index contributed by atoms with van der Waals surface area (Å²) in [4.78, 5) is 4.20. The van der Waals surface area contributed by atoms with E-state index in [-0.39, 0.29) is 17.0 Å². The van der Waals surface area contributed by atoms with Gasteiger partial charge in [0.2, 0.25) is 0 Å².